The molecule has 140 valence electrons. The molecule has 1 aromatic carbocycles. The Morgan fingerprint density at radius 1 is 1.15 bits per heavy atom. The predicted octanol–water partition coefficient (Wildman–Crippen LogP) is 3.67. The lowest BCUT2D eigenvalue weighted by atomic mass is 10.2. The van der Waals surface area contributed by atoms with Crippen LogP contribution in [0.2, 0.25) is 0 Å². The molecule has 0 spiro atoms. The molecule has 6 nitrogen and oxygen atoms in total. The maximum absolute atomic E-state index is 12.8. The van der Waals surface area contributed by atoms with E-state index >= 15 is 0 Å². The van der Waals surface area contributed by atoms with Crippen molar-refractivity contribution < 1.29 is 9.53 Å². The summed E-state index contributed by atoms with van der Waals surface area (Å²) in [4.78, 5) is 23.5. The Morgan fingerprint density at radius 2 is 1.85 bits per heavy atom. The van der Waals surface area contributed by atoms with Crippen LogP contribution in [0, 0.1) is 6.92 Å². The smallest absolute Gasteiger partial charge is 0.272 e. The van der Waals surface area contributed by atoms with Gasteiger partial charge in [0, 0.05) is 30.9 Å². The van der Waals surface area contributed by atoms with Crippen molar-refractivity contribution in [1.29, 1.82) is 0 Å². The van der Waals surface area contributed by atoms with E-state index in [1.54, 1.807) is 13.2 Å². The fraction of sp³-hybridized carbons (Fsp3) is 0.450. The van der Waals surface area contributed by atoms with Crippen LogP contribution < -0.4 is 10.1 Å². The van der Waals surface area contributed by atoms with Gasteiger partial charge in [-0.15, -0.1) is 0 Å². The van der Waals surface area contributed by atoms with E-state index in [1.165, 1.54) is 0 Å². The van der Waals surface area contributed by atoms with Gasteiger partial charge in [-0.1, -0.05) is 32.0 Å². The van der Waals surface area contributed by atoms with E-state index in [9.17, 15) is 4.79 Å². The number of benzene rings is 1. The molecule has 0 saturated heterocycles. The lowest BCUT2D eigenvalue weighted by Crippen LogP contribution is -2.33. The normalized spacial score (nSPS) is 10.5. The zero-order valence-corrected chi connectivity index (χ0v) is 16.1. The Balaban J connectivity index is 2.17. The number of nitrogens with zero attached hydrogens (tertiary/aromatic N) is 3. The minimum absolute atomic E-state index is 0.0421. The highest BCUT2D eigenvalue weighted by molar-refractivity contribution is 5.92. The molecule has 0 unspecified atom stereocenters. The van der Waals surface area contributed by atoms with E-state index in [4.69, 9.17) is 4.74 Å². The van der Waals surface area contributed by atoms with Crippen LogP contribution in [0.1, 0.15) is 48.4 Å². The van der Waals surface area contributed by atoms with Gasteiger partial charge >= 0.3 is 0 Å². The molecule has 0 aliphatic heterocycles. The lowest BCUT2D eigenvalue weighted by Gasteiger charge is -2.21. The molecule has 6 heteroatoms. The first kappa shape index (κ1) is 19.7. The Hall–Kier alpha value is -2.63. The van der Waals surface area contributed by atoms with E-state index in [0.29, 0.717) is 18.2 Å². The number of nitrogens with one attached hydrogen (secondary N) is 1. The number of rotatable bonds is 9. The van der Waals surface area contributed by atoms with Gasteiger partial charge in [-0.25, -0.2) is 9.97 Å². The zero-order valence-electron chi connectivity index (χ0n) is 16.1. The van der Waals surface area contributed by atoms with Gasteiger partial charge in [-0.05, 0) is 31.9 Å². The number of carbonyl (C=O) groups excluding carboxylic acids is 1. The van der Waals surface area contributed by atoms with E-state index in [2.05, 4.69) is 29.1 Å². The summed E-state index contributed by atoms with van der Waals surface area (Å²) in [6.07, 6.45) is 1.85. The average Bonchev–Trinajstić information content (AvgIpc) is 2.65. The number of hydrogen-bond acceptors (Lipinski definition) is 5. The van der Waals surface area contributed by atoms with Gasteiger partial charge in [0.05, 0.1) is 7.11 Å². The van der Waals surface area contributed by atoms with Crippen LogP contribution >= 0.6 is 0 Å². The second-order valence-corrected chi connectivity index (χ2v) is 6.18. The first-order valence-corrected chi connectivity index (χ1v) is 9.09. The quantitative estimate of drug-likeness (QED) is 0.742. The molecule has 2 rings (SSSR count). The Labute approximate surface area is 155 Å². The SMILES string of the molecule is CCCN(CCC)C(=O)c1cc(C)nc(NCc2ccccc2OC)n1. The van der Waals surface area contributed by atoms with E-state index in [-0.39, 0.29) is 5.91 Å². The van der Waals surface area contributed by atoms with Crippen molar-refractivity contribution in [3.8, 4) is 5.75 Å². The third kappa shape index (κ3) is 5.18. The number of aryl methyl sites for hydroxylation is 1. The van der Waals surface area contributed by atoms with Crippen molar-refractivity contribution in [2.45, 2.75) is 40.2 Å². The summed E-state index contributed by atoms with van der Waals surface area (Å²) in [6, 6.07) is 9.53. The summed E-state index contributed by atoms with van der Waals surface area (Å²) in [6.45, 7) is 8.01. The van der Waals surface area contributed by atoms with Crippen molar-refractivity contribution in [3.05, 3.63) is 47.3 Å². The first-order chi connectivity index (χ1) is 12.6. The van der Waals surface area contributed by atoms with Crippen LogP contribution in [0.15, 0.2) is 30.3 Å². The molecule has 1 aromatic heterocycles. The minimum Gasteiger partial charge on any atom is -0.496 e. The number of methoxy groups -OCH3 is 1. The zero-order chi connectivity index (χ0) is 18.9. The highest BCUT2D eigenvalue weighted by Gasteiger charge is 2.17. The fourth-order valence-electron chi connectivity index (χ4n) is 2.80. The second kappa shape index (κ2) is 9.75. The van der Waals surface area contributed by atoms with E-state index in [0.717, 1.165) is 42.9 Å². The Morgan fingerprint density at radius 3 is 2.50 bits per heavy atom. The summed E-state index contributed by atoms with van der Waals surface area (Å²) in [7, 11) is 1.65. The molecular weight excluding hydrogens is 328 g/mol. The largest absolute Gasteiger partial charge is 0.496 e. The average molecular weight is 356 g/mol. The van der Waals surface area contributed by atoms with Crippen molar-refractivity contribution in [2.24, 2.45) is 0 Å². The molecule has 0 fully saturated rings. The standard InChI is InChI=1S/C20H28N4O2/c1-5-11-24(12-6-2)19(25)17-13-15(3)22-20(23-17)21-14-16-9-7-8-10-18(16)26-4/h7-10,13H,5-6,11-12,14H2,1-4H3,(H,21,22,23). The molecule has 2 aromatic rings. The van der Waals surface area contributed by atoms with Crippen molar-refractivity contribution in [2.75, 3.05) is 25.5 Å². The molecule has 0 saturated carbocycles. The Bertz CT molecular complexity index is 728. The number of carbonyl (C=O) groups is 1. The molecule has 0 radical (unpaired) electrons. The predicted molar refractivity (Wildman–Crippen MR) is 104 cm³/mol. The summed E-state index contributed by atoms with van der Waals surface area (Å²) in [5.41, 5.74) is 2.20. The lowest BCUT2D eigenvalue weighted by molar-refractivity contribution is 0.0749. The van der Waals surface area contributed by atoms with Crippen LogP contribution in [0.4, 0.5) is 5.95 Å². The number of para-hydroxylation sites is 1. The van der Waals surface area contributed by atoms with Gasteiger partial charge in [-0.3, -0.25) is 4.79 Å². The van der Waals surface area contributed by atoms with Gasteiger partial charge in [-0.2, -0.15) is 0 Å². The van der Waals surface area contributed by atoms with E-state index < -0.39 is 0 Å². The van der Waals surface area contributed by atoms with Gasteiger partial charge in [0.15, 0.2) is 0 Å². The molecule has 1 amide bonds. The third-order valence-electron chi connectivity index (χ3n) is 3.98. The molecule has 0 bridgehead atoms. The highest BCUT2D eigenvalue weighted by Crippen LogP contribution is 2.18. The molecular formula is C20H28N4O2. The Kier molecular flexibility index (Phi) is 7.38. The maximum atomic E-state index is 12.8. The third-order valence-corrected chi connectivity index (χ3v) is 3.98. The number of aromatic nitrogens is 2. The van der Waals surface area contributed by atoms with Crippen LogP contribution in [-0.4, -0.2) is 41.0 Å². The molecule has 26 heavy (non-hydrogen) atoms. The number of ether oxygens (including phenoxy) is 1. The first-order valence-electron chi connectivity index (χ1n) is 9.09. The summed E-state index contributed by atoms with van der Waals surface area (Å²) in [5, 5.41) is 3.20. The van der Waals surface area contributed by atoms with Crippen LogP contribution in [0.3, 0.4) is 0 Å². The molecule has 1 heterocycles. The fourth-order valence-corrected chi connectivity index (χ4v) is 2.80. The van der Waals surface area contributed by atoms with Crippen molar-refractivity contribution >= 4 is 11.9 Å². The van der Waals surface area contributed by atoms with Crippen molar-refractivity contribution in [1.82, 2.24) is 14.9 Å². The van der Waals surface area contributed by atoms with Gasteiger partial charge in [0.1, 0.15) is 11.4 Å². The topological polar surface area (TPSA) is 67.4 Å². The minimum atomic E-state index is -0.0421. The van der Waals surface area contributed by atoms with Gasteiger partial charge in [0.2, 0.25) is 5.95 Å². The maximum Gasteiger partial charge on any atom is 0.272 e. The molecule has 0 atom stereocenters. The number of hydrogen-bond donors (Lipinski definition) is 1. The second-order valence-electron chi connectivity index (χ2n) is 6.18. The van der Waals surface area contributed by atoms with Gasteiger partial charge in [0.25, 0.3) is 5.91 Å². The van der Waals surface area contributed by atoms with Gasteiger partial charge < -0.3 is 15.0 Å². The van der Waals surface area contributed by atoms with Crippen molar-refractivity contribution in [3.63, 3.8) is 0 Å². The molecule has 0 aliphatic carbocycles. The van der Waals surface area contributed by atoms with Crippen LogP contribution in [0.25, 0.3) is 0 Å². The summed E-state index contributed by atoms with van der Waals surface area (Å²) in [5.74, 6) is 1.22. The summed E-state index contributed by atoms with van der Waals surface area (Å²) >= 11 is 0. The number of amides is 1. The molecule has 1 N–H and O–H groups in total. The van der Waals surface area contributed by atoms with E-state index in [1.807, 2.05) is 36.1 Å². The summed E-state index contributed by atoms with van der Waals surface area (Å²) < 4.78 is 5.36. The number of anilines is 1. The molecule has 0 aliphatic rings. The van der Waals surface area contributed by atoms with Crippen LogP contribution in [-0.2, 0) is 6.54 Å². The monoisotopic (exact) mass is 356 g/mol. The van der Waals surface area contributed by atoms with Crippen LogP contribution in [0.5, 0.6) is 5.75 Å². The highest BCUT2D eigenvalue weighted by atomic mass is 16.5.